The maximum Gasteiger partial charge on any atom is 0.204 e. The molecular formula is C24H25N5O2S. The molecule has 4 aromatic rings. The highest BCUT2D eigenvalue weighted by Crippen LogP contribution is 2.24. The molecule has 0 fully saturated rings. The minimum absolute atomic E-state index is 0.540. The van der Waals surface area contributed by atoms with Crippen molar-refractivity contribution in [2.75, 3.05) is 27.3 Å². The lowest BCUT2D eigenvalue weighted by Crippen LogP contribution is -2.27. The Balaban J connectivity index is 1.57. The van der Waals surface area contributed by atoms with Gasteiger partial charge in [0.25, 0.3) is 0 Å². The predicted molar refractivity (Wildman–Crippen MR) is 127 cm³/mol. The zero-order valence-electron chi connectivity index (χ0n) is 18.1. The summed E-state index contributed by atoms with van der Waals surface area (Å²) in [6.45, 7) is 1.85. The first-order valence-corrected chi connectivity index (χ1v) is 10.7. The summed E-state index contributed by atoms with van der Waals surface area (Å²) < 4.78 is 15.5. The topological polar surface area (TPSA) is 57.3 Å². The molecule has 0 aliphatic rings. The van der Waals surface area contributed by atoms with Crippen molar-refractivity contribution < 1.29 is 9.47 Å². The molecule has 0 unspecified atom stereocenters. The Morgan fingerprint density at radius 1 is 0.938 bits per heavy atom. The van der Waals surface area contributed by atoms with Crippen LogP contribution in [0.25, 0.3) is 17.1 Å². The number of rotatable bonds is 9. The highest BCUT2D eigenvalue weighted by Gasteiger charge is 2.15. The normalized spacial score (nSPS) is 11.0. The molecule has 32 heavy (non-hydrogen) atoms. The lowest BCUT2D eigenvalue weighted by molar-refractivity contribution is 0.198. The van der Waals surface area contributed by atoms with Gasteiger partial charge in [-0.25, -0.2) is 4.68 Å². The highest BCUT2D eigenvalue weighted by molar-refractivity contribution is 7.71. The number of hydrogen-bond donors (Lipinski definition) is 0. The first-order chi connectivity index (χ1) is 15.7. The van der Waals surface area contributed by atoms with E-state index in [1.807, 2.05) is 83.0 Å². The summed E-state index contributed by atoms with van der Waals surface area (Å²) in [5, 5.41) is 4.84. The molecule has 2 aromatic carbocycles. The van der Waals surface area contributed by atoms with Crippen LogP contribution in [0.15, 0.2) is 79.1 Å². The van der Waals surface area contributed by atoms with Gasteiger partial charge in [-0.15, -0.1) is 5.10 Å². The number of ether oxygens (including phenoxy) is 2. The van der Waals surface area contributed by atoms with Crippen LogP contribution in [0.1, 0.15) is 0 Å². The molecule has 7 nitrogen and oxygen atoms in total. The molecule has 0 amide bonds. The first-order valence-electron chi connectivity index (χ1n) is 10.3. The molecule has 0 saturated heterocycles. The molecule has 2 aromatic heterocycles. The zero-order valence-corrected chi connectivity index (χ0v) is 18.9. The maximum atomic E-state index is 5.82. The van der Waals surface area contributed by atoms with Gasteiger partial charge in [0, 0.05) is 24.5 Å². The lowest BCUT2D eigenvalue weighted by Gasteiger charge is -2.16. The van der Waals surface area contributed by atoms with Gasteiger partial charge in [-0.1, -0.05) is 18.2 Å². The molecule has 0 N–H and O–H groups in total. The van der Waals surface area contributed by atoms with E-state index >= 15 is 0 Å². The third-order valence-corrected chi connectivity index (χ3v) is 5.36. The van der Waals surface area contributed by atoms with Crippen LogP contribution in [0.5, 0.6) is 11.5 Å². The minimum atomic E-state index is 0.540. The number of para-hydroxylation sites is 1. The van der Waals surface area contributed by atoms with Gasteiger partial charge in [0.05, 0.1) is 19.5 Å². The van der Waals surface area contributed by atoms with E-state index < -0.39 is 0 Å². The summed E-state index contributed by atoms with van der Waals surface area (Å²) >= 11 is 5.82. The highest BCUT2D eigenvalue weighted by atomic mass is 32.1. The summed E-state index contributed by atoms with van der Waals surface area (Å²) in [5.41, 5.74) is 1.86. The summed E-state index contributed by atoms with van der Waals surface area (Å²) in [5.74, 6) is 2.41. The SMILES string of the molecule is COc1ccc(-n2c(-c3ccncc3)nn(CN(C)CCOc3ccccc3)c2=S)cc1. The Morgan fingerprint density at radius 2 is 1.66 bits per heavy atom. The van der Waals surface area contributed by atoms with Crippen molar-refractivity contribution in [3.8, 4) is 28.6 Å². The molecule has 2 heterocycles. The van der Waals surface area contributed by atoms with E-state index in [1.165, 1.54) is 0 Å². The largest absolute Gasteiger partial charge is 0.497 e. The molecule has 0 spiro atoms. The van der Waals surface area contributed by atoms with Crippen molar-refractivity contribution in [1.82, 2.24) is 24.2 Å². The van der Waals surface area contributed by atoms with Gasteiger partial charge < -0.3 is 9.47 Å². The van der Waals surface area contributed by atoms with E-state index in [0.29, 0.717) is 18.0 Å². The third kappa shape index (κ3) is 5.04. The zero-order chi connectivity index (χ0) is 22.3. The summed E-state index contributed by atoms with van der Waals surface area (Å²) in [6, 6.07) is 21.4. The fraction of sp³-hybridized carbons (Fsp3) is 0.208. The van der Waals surface area contributed by atoms with Crippen LogP contribution in [-0.2, 0) is 6.67 Å². The third-order valence-electron chi connectivity index (χ3n) is 4.97. The van der Waals surface area contributed by atoms with E-state index in [2.05, 4.69) is 9.88 Å². The number of benzene rings is 2. The fourth-order valence-corrected chi connectivity index (χ4v) is 3.58. The molecule has 8 heteroatoms. The monoisotopic (exact) mass is 447 g/mol. The van der Waals surface area contributed by atoms with Crippen LogP contribution >= 0.6 is 12.2 Å². The van der Waals surface area contributed by atoms with Crippen LogP contribution in [-0.4, -0.2) is 51.5 Å². The number of hydrogen-bond acceptors (Lipinski definition) is 6. The van der Waals surface area contributed by atoms with Crippen LogP contribution < -0.4 is 9.47 Å². The number of aromatic nitrogens is 4. The van der Waals surface area contributed by atoms with Gasteiger partial charge >= 0.3 is 0 Å². The molecule has 0 aliphatic heterocycles. The van der Waals surface area contributed by atoms with Crippen molar-refractivity contribution >= 4 is 12.2 Å². The molecule has 0 saturated carbocycles. The van der Waals surface area contributed by atoms with Gasteiger partial charge in [-0.05, 0) is 67.8 Å². The summed E-state index contributed by atoms with van der Waals surface area (Å²) in [6.07, 6.45) is 3.51. The quantitative estimate of drug-likeness (QED) is 0.354. The molecule has 4 rings (SSSR count). The maximum absolute atomic E-state index is 5.82. The Bertz CT molecular complexity index is 1190. The van der Waals surface area contributed by atoms with Crippen LogP contribution in [0.3, 0.4) is 0 Å². The Morgan fingerprint density at radius 3 is 2.34 bits per heavy atom. The molecule has 164 valence electrons. The second kappa shape index (κ2) is 10.2. The fourth-order valence-electron chi connectivity index (χ4n) is 3.29. The van der Waals surface area contributed by atoms with E-state index in [4.69, 9.17) is 26.8 Å². The standard InChI is InChI=1S/C24H25N5O2S/c1-27(16-17-31-22-6-4-3-5-7-22)18-28-24(32)29(20-8-10-21(30-2)11-9-20)23(26-28)19-12-14-25-15-13-19/h3-15H,16-18H2,1-2H3. The molecule has 0 radical (unpaired) electrons. The van der Waals surface area contributed by atoms with Gasteiger partial charge in [0.1, 0.15) is 18.1 Å². The van der Waals surface area contributed by atoms with Crippen molar-refractivity contribution in [1.29, 1.82) is 0 Å². The number of likely N-dealkylation sites (N-methyl/N-ethyl adjacent to an activating group) is 1. The van der Waals surface area contributed by atoms with E-state index in [1.54, 1.807) is 19.5 Å². The average Bonchev–Trinajstić information content (AvgIpc) is 3.16. The molecule has 0 atom stereocenters. The van der Waals surface area contributed by atoms with Crippen molar-refractivity contribution in [3.05, 3.63) is 83.9 Å². The molecular weight excluding hydrogens is 422 g/mol. The second-order valence-corrected chi connectivity index (χ2v) is 7.62. The van der Waals surface area contributed by atoms with Gasteiger partial charge in [0.2, 0.25) is 4.77 Å². The van der Waals surface area contributed by atoms with E-state index in [9.17, 15) is 0 Å². The van der Waals surface area contributed by atoms with E-state index in [0.717, 1.165) is 35.1 Å². The second-order valence-electron chi connectivity index (χ2n) is 7.26. The van der Waals surface area contributed by atoms with E-state index in [-0.39, 0.29) is 0 Å². The number of pyridine rings is 1. The minimum Gasteiger partial charge on any atom is -0.497 e. The first kappa shape index (κ1) is 21.7. The smallest absolute Gasteiger partial charge is 0.204 e. The molecule has 0 aliphatic carbocycles. The summed E-state index contributed by atoms with van der Waals surface area (Å²) in [7, 11) is 3.67. The van der Waals surface area contributed by atoms with Gasteiger partial charge in [0.15, 0.2) is 5.82 Å². The van der Waals surface area contributed by atoms with Gasteiger partial charge in [-0.2, -0.15) is 0 Å². The average molecular weight is 448 g/mol. The Hall–Kier alpha value is -3.49. The lowest BCUT2D eigenvalue weighted by atomic mass is 10.2. The van der Waals surface area contributed by atoms with Crippen molar-refractivity contribution in [3.63, 3.8) is 0 Å². The Labute approximate surface area is 192 Å². The number of methoxy groups -OCH3 is 1. The van der Waals surface area contributed by atoms with Crippen LogP contribution in [0.2, 0.25) is 0 Å². The van der Waals surface area contributed by atoms with Gasteiger partial charge in [-0.3, -0.25) is 14.5 Å². The van der Waals surface area contributed by atoms with Crippen LogP contribution in [0, 0.1) is 4.77 Å². The predicted octanol–water partition coefficient (Wildman–Crippen LogP) is 4.44. The van der Waals surface area contributed by atoms with Crippen LogP contribution in [0.4, 0.5) is 0 Å². The Kier molecular flexibility index (Phi) is 6.94. The molecule has 0 bridgehead atoms. The van der Waals surface area contributed by atoms with Crippen molar-refractivity contribution in [2.24, 2.45) is 0 Å². The number of nitrogens with zero attached hydrogens (tertiary/aromatic N) is 5. The summed E-state index contributed by atoms with van der Waals surface area (Å²) in [4.78, 5) is 6.25. The van der Waals surface area contributed by atoms with Crippen molar-refractivity contribution in [2.45, 2.75) is 6.67 Å².